The van der Waals surface area contributed by atoms with Gasteiger partial charge in [0.05, 0.1) is 6.54 Å². The van der Waals surface area contributed by atoms with E-state index in [4.69, 9.17) is 15.2 Å². The van der Waals surface area contributed by atoms with Gasteiger partial charge in [0.25, 0.3) is 0 Å². The molecule has 2 aliphatic rings. The third-order valence-electron chi connectivity index (χ3n) is 5.70. The molecule has 37 heavy (non-hydrogen) atoms. The van der Waals surface area contributed by atoms with Gasteiger partial charge in [-0.05, 0) is 36.0 Å². The molecule has 0 radical (unpaired) electrons. The van der Waals surface area contributed by atoms with Crippen LogP contribution in [0.5, 0.6) is 0 Å². The molecule has 2 aliphatic heterocycles. The summed E-state index contributed by atoms with van der Waals surface area (Å²) in [5, 5.41) is 12.1. The third-order valence-corrected chi connectivity index (χ3v) is 8.10. The monoisotopic (exact) mass is 599 g/mol. The number of rotatable bonds is 12. The number of halogens is 2. The fraction of sp³-hybridized carbons (Fsp3) is 0.714. The van der Waals surface area contributed by atoms with E-state index in [2.05, 4.69) is 15.5 Å². The molecular formula is C21H35Cl2N7O5S2. The predicted octanol–water partition coefficient (Wildman–Crippen LogP) is 1.54. The number of aromatic nitrogens is 4. The van der Waals surface area contributed by atoms with Gasteiger partial charge >= 0.3 is 11.9 Å². The Balaban J connectivity index is 0.00000342. The van der Waals surface area contributed by atoms with Crippen molar-refractivity contribution < 1.29 is 23.9 Å². The molecule has 2 N–H and O–H groups in total. The molecule has 0 saturated carbocycles. The lowest BCUT2D eigenvalue weighted by Crippen LogP contribution is -2.68. The molecule has 1 saturated heterocycles. The zero-order valence-electron chi connectivity index (χ0n) is 21.5. The van der Waals surface area contributed by atoms with Gasteiger partial charge in [-0.15, -0.1) is 41.7 Å². The van der Waals surface area contributed by atoms with E-state index in [1.807, 2.05) is 32.8 Å². The largest absolute Gasteiger partial charge is 0.425 e. The smallest absolute Gasteiger partial charge is 0.358 e. The van der Waals surface area contributed by atoms with E-state index in [9.17, 15) is 14.4 Å². The average molecular weight is 601 g/mol. The van der Waals surface area contributed by atoms with Gasteiger partial charge in [-0.1, -0.05) is 32.0 Å². The number of thioether (sulfide) groups is 2. The van der Waals surface area contributed by atoms with Crippen LogP contribution in [0.2, 0.25) is 0 Å². The number of hydrogen-bond acceptors (Lipinski definition) is 12. The second-order valence-electron chi connectivity index (χ2n) is 8.84. The van der Waals surface area contributed by atoms with Crippen molar-refractivity contribution in [3.63, 3.8) is 0 Å². The number of nitrogens with zero attached hydrogens (tertiary/aromatic N) is 6. The molecule has 2 unspecified atom stereocenters. The first-order valence-corrected chi connectivity index (χ1v) is 13.5. The fourth-order valence-corrected chi connectivity index (χ4v) is 5.79. The molecule has 0 aromatic carbocycles. The van der Waals surface area contributed by atoms with Crippen LogP contribution in [0.15, 0.2) is 16.4 Å². The Labute approximate surface area is 237 Å². The zero-order valence-corrected chi connectivity index (χ0v) is 24.8. The summed E-state index contributed by atoms with van der Waals surface area (Å²) < 4.78 is 12.4. The van der Waals surface area contributed by atoms with Gasteiger partial charge in [0.1, 0.15) is 17.1 Å². The second-order valence-corrected chi connectivity index (χ2v) is 10.9. The topological polar surface area (TPSA) is 146 Å². The van der Waals surface area contributed by atoms with E-state index in [0.29, 0.717) is 28.8 Å². The SMILES string of the molecule is CCC(C)CC(=O)OC(C)OC(=O)C1=C(CSc2nnnn2CCN(C)C)CS[C@@H]2[C@H](N)C(=O)N12.Cl.Cl. The highest BCUT2D eigenvalue weighted by molar-refractivity contribution is 8.01. The van der Waals surface area contributed by atoms with E-state index < -0.39 is 24.3 Å². The number of carbonyl (C=O) groups excluding carboxylic acids is 3. The van der Waals surface area contributed by atoms with Crippen LogP contribution in [0, 0.1) is 5.92 Å². The number of ether oxygens (including phenoxy) is 2. The summed E-state index contributed by atoms with van der Waals surface area (Å²) >= 11 is 2.88. The van der Waals surface area contributed by atoms with Crippen molar-refractivity contribution >= 4 is 66.2 Å². The number of tetrazole rings is 1. The van der Waals surface area contributed by atoms with Crippen molar-refractivity contribution in [1.82, 2.24) is 30.0 Å². The third kappa shape index (κ3) is 8.45. The molecule has 0 aliphatic carbocycles. The molecule has 210 valence electrons. The van der Waals surface area contributed by atoms with E-state index in [-0.39, 0.29) is 54.1 Å². The summed E-state index contributed by atoms with van der Waals surface area (Å²) in [7, 11) is 3.93. The van der Waals surface area contributed by atoms with Crippen molar-refractivity contribution in [3.8, 4) is 0 Å². The number of nitrogens with two attached hydrogens (primary N) is 1. The van der Waals surface area contributed by atoms with Crippen molar-refractivity contribution in [2.45, 2.75) is 63.0 Å². The Kier molecular flexibility index (Phi) is 13.7. The molecule has 1 fully saturated rings. The number of carbonyl (C=O) groups is 3. The van der Waals surface area contributed by atoms with E-state index in [1.54, 1.807) is 4.68 Å². The summed E-state index contributed by atoms with van der Waals surface area (Å²) in [5.74, 6) is -0.444. The van der Waals surface area contributed by atoms with Gasteiger partial charge in [0.2, 0.25) is 17.4 Å². The van der Waals surface area contributed by atoms with Crippen LogP contribution in [0.3, 0.4) is 0 Å². The Morgan fingerprint density at radius 2 is 1.97 bits per heavy atom. The minimum absolute atomic E-state index is 0. The number of β-lactam (4-membered cyclic amide) rings is 1. The first-order valence-electron chi connectivity index (χ1n) is 11.5. The second kappa shape index (κ2) is 15.1. The van der Waals surface area contributed by atoms with Crippen molar-refractivity contribution in [2.75, 3.05) is 32.1 Å². The molecule has 1 amide bonds. The van der Waals surface area contributed by atoms with Crippen LogP contribution in [-0.4, -0.2) is 97.7 Å². The minimum Gasteiger partial charge on any atom is -0.425 e. The lowest BCUT2D eigenvalue weighted by Gasteiger charge is -2.48. The summed E-state index contributed by atoms with van der Waals surface area (Å²) in [6.07, 6.45) is -0.00718. The molecule has 1 aromatic heterocycles. The Bertz CT molecular complexity index is 981. The highest BCUT2D eigenvalue weighted by Gasteiger charge is 2.52. The molecule has 1 aromatic rings. The first kappa shape index (κ1) is 33.4. The highest BCUT2D eigenvalue weighted by atomic mass is 35.5. The van der Waals surface area contributed by atoms with Crippen molar-refractivity contribution in [2.24, 2.45) is 11.7 Å². The Morgan fingerprint density at radius 1 is 1.27 bits per heavy atom. The van der Waals surface area contributed by atoms with Gasteiger partial charge in [-0.3, -0.25) is 14.5 Å². The highest BCUT2D eigenvalue weighted by Crippen LogP contribution is 2.41. The molecule has 4 atom stereocenters. The first-order chi connectivity index (χ1) is 16.6. The zero-order chi connectivity index (χ0) is 25.7. The van der Waals surface area contributed by atoms with Gasteiger partial charge in [0.15, 0.2) is 0 Å². The Morgan fingerprint density at radius 3 is 2.62 bits per heavy atom. The molecule has 0 bridgehead atoms. The molecule has 12 nitrogen and oxygen atoms in total. The maximum Gasteiger partial charge on any atom is 0.358 e. The van der Waals surface area contributed by atoms with Crippen molar-refractivity contribution in [3.05, 3.63) is 11.3 Å². The molecule has 0 spiro atoms. The molecule has 16 heteroatoms. The number of amides is 1. The lowest BCUT2D eigenvalue weighted by atomic mass is 10.0. The molecule has 3 rings (SSSR count). The van der Waals surface area contributed by atoms with Gasteiger partial charge in [-0.2, -0.15) is 0 Å². The molecular weight excluding hydrogens is 565 g/mol. The summed E-state index contributed by atoms with van der Waals surface area (Å²) in [4.78, 5) is 41.2. The number of hydrogen-bond donors (Lipinski definition) is 1. The van der Waals surface area contributed by atoms with Crippen LogP contribution in [-0.2, 0) is 30.4 Å². The normalized spacial score (nSPS) is 20.3. The maximum absolute atomic E-state index is 13.2. The molecule has 3 heterocycles. The predicted molar refractivity (Wildman–Crippen MR) is 145 cm³/mol. The maximum atomic E-state index is 13.2. The van der Waals surface area contributed by atoms with Gasteiger partial charge < -0.3 is 20.1 Å². The summed E-state index contributed by atoms with van der Waals surface area (Å²) in [6, 6.07) is -0.666. The van der Waals surface area contributed by atoms with Crippen LogP contribution < -0.4 is 5.73 Å². The summed E-state index contributed by atoms with van der Waals surface area (Å²) in [6.45, 7) is 6.80. The standard InChI is InChI=1S/C21H33N7O5S2.2ClH/c1-6-12(2)9-15(29)32-13(3)33-20(31)17-14(10-34-19-16(22)18(30)28(17)19)11-35-21-23-24-25-27(21)8-7-26(4)5;;/h12-13,16,19H,6-11,22H2,1-5H3;2*1H/t12?,13?,16-,19-;;/m1../s1. The van der Waals surface area contributed by atoms with E-state index >= 15 is 0 Å². The van der Waals surface area contributed by atoms with Gasteiger partial charge in [-0.25, -0.2) is 9.48 Å². The van der Waals surface area contributed by atoms with E-state index in [0.717, 1.165) is 13.0 Å². The number of likely N-dealkylation sites (N-methyl/N-ethyl adjacent to an activating group) is 1. The fourth-order valence-electron chi connectivity index (χ4n) is 3.46. The minimum atomic E-state index is -1.09. The van der Waals surface area contributed by atoms with Crippen LogP contribution in [0.25, 0.3) is 0 Å². The van der Waals surface area contributed by atoms with Crippen LogP contribution >= 0.6 is 48.3 Å². The van der Waals surface area contributed by atoms with E-state index in [1.165, 1.54) is 35.3 Å². The van der Waals surface area contributed by atoms with Crippen LogP contribution in [0.4, 0.5) is 0 Å². The number of esters is 2. The average Bonchev–Trinajstić information content (AvgIpc) is 3.27. The quantitative estimate of drug-likeness (QED) is 0.161. The number of fused-ring (bicyclic) bond motifs is 1. The lowest BCUT2D eigenvalue weighted by molar-refractivity contribution is -0.184. The van der Waals surface area contributed by atoms with Crippen molar-refractivity contribution in [1.29, 1.82) is 0 Å². The van der Waals surface area contributed by atoms with Gasteiger partial charge in [0, 0.05) is 31.4 Å². The van der Waals surface area contributed by atoms with Crippen LogP contribution in [0.1, 0.15) is 33.6 Å². The summed E-state index contributed by atoms with van der Waals surface area (Å²) in [5.41, 5.74) is 6.81. The Hall–Kier alpha value is -1.58.